The molecule has 142 valence electrons. The van der Waals surface area contributed by atoms with Crippen LogP contribution in [-0.4, -0.2) is 29.6 Å². The number of hydrogen-bond donors (Lipinski definition) is 1. The average molecular weight is 369 g/mol. The normalized spacial score (nSPS) is 13.4. The van der Waals surface area contributed by atoms with E-state index in [1.54, 1.807) is 24.1 Å². The van der Waals surface area contributed by atoms with Crippen LogP contribution < -0.4 is 4.74 Å². The van der Waals surface area contributed by atoms with Gasteiger partial charge in [-0.3, -0.25) is 4.79 Å². The van der Waals surface area contributed by atoms with E-state index in [4.69, 9.17) is 4.74 Å². The van der Waals surface area contributed by atoms with Crippen LogP contribution in [0.3, 0.4) is 0 Å². The van der Waals surface area contributed by atoms with Crippen LogP contribution in [0.15, 0.2) is 42.5 Å². The first kappa shape index (κ1) is 19.0. The minimum absolute atomic E-state index is 0.0742. The Kier molecular flexibility index (Phi) is 5.49. The number of phenols is 1. The van der Waals surface area contributed by atoms with E-state index >= 15 is 0 Å². The smallest absolute Gasteiger partial charge is 0.258 e. The summed E-state index contributed by atoms with van der Waals surface area (Å²) in [7, 11) is 1.56. The van der Waals surface area contributed by atoms with Crippen LogP contribution in [0.2, 0.25) is 0 Å². The monoisotopic (exact) mass is 369 g/mol. The summed E-state index contributed by atoms with van der Waals surface area (Å²) in [5, 5.41) is 10.5. The molecule has 0 saturated heterocycles. The Labute approximate surface area is 158 Å². The van der Waals surface area contributed by atoms with Gasteiger partial charge in [0.2, 0.25) is 0 Å². The number of carbonyl (C=O) groups is 1. The molecule has 4 nitrogen and oxygen atoms in total. The molecule has 1 amide bonds. The predicted molar refractivity (Wildman–Crippen MR) is 103 cm³/mol. The molecular formula is C22H24FNO3. The van der Waals surface area contributed by atoms with Crippen molar-refractivity contribution in [1.29, 1.82) is 0 Å². The number of phenolic OH excluding ortho intramolecular Hbond substituents is 1. The van der Waals surface area contributed by atoms with Gasteiger partial charge >= 0.3 is 0 Å². The maximum atomic E-state index is 13.4. The molecule has 2 aromatic carbocycles. The Bertz CT molecular complexity index is 891. The van der Waals surface area contributed by atoms with Crippen molar-refractivity contribution in [1.82, 2.24) is 4.90 Å². The topological polar surface area (TPSA) is 49.8 Å². The number of hydrogen-bond acceptors (Lipinski definition) is 3. The van der Waals surface area contributed by atoms with Gasteiger partial charge in [0, 0.05) is 19.2 Å². The lowest BCUT2D eigenvalue weighted by atomic mass is 9.89. The molecule has 0 saturated carbocycles. The van der Waals surface area contributed by atoms with Gasteiger partial charge < -0.3 is 14.7 Å². The first-order valence-corrected chi connectivity index (χ1v) is 9.00. The minimum Gasteiger partial charge on any atom is -0.507 e. The van der Waals surface area contributed by atoms with E-state index in [0.717, 1.165) is 28.7 Å². The first-order chi connectivity index (χ1) is 12.9. The maximum absolute atomic E-state index is 13.4. The van der Waals surface area contributed by atoms with E-state index in [0.29, 0.717) is 37.2 Å². The van der Waals surface area contributed by atoms with Crippen molar-refractivity contribution in [2.75, 3.05) is 13.7 Å². The van der Waals surface area contributed by atoms with E-state index in [1.807, 2.05) is 6.92 Å². The fourth-order valence-corrected chi connectivity index (χ4v) is 3.56. The second kappa shape index (κ2) is 7.82. The van der Waals surface area contributed by atoms with Gasteiger partial charge in [-0.1, -0.05) is 17.7 Å². The molecule has 0 aromatic heterocycles. The summed E-state index contributed by atoms with van der Waals surface area (Å²) in [6.07, 6.45) is 2.11. The second-order valence-corrected chi connectivity index (χ2v) is 6.99. The summed E-state index contributed by atoms with van der Waals surface area (Å²) >= 11 is 0. The van der Waals surface area contributed by atoms with Crippen molar-refractivity contribution < 1.29 is 19.0 Å². The van der Waals surface area contributed by atoms with Crippen molar-refractivity contribution in [3.05, 3.63) is 70.6 Å². The Morgan fingerprint density at radius 1 is 1.37 bits per heavy atom. The van der Waals surface area contributed by atoms with Crippen molar-refractivity contribution >= 4 is 5.91 Å². The summed E-state index contributed by atoms with van der Waals surface area (Å²) in [5.41, 5.74) is 3.90. The van der Waals surface area contributed by atoms with Gasteiger partial charge in [-0.2, -0.15) is 0 Å². The highest BCUT2D eigenvalue weighted by Crippen LogP contribution is 2.37. The lowest BCUT2D eigenvalue weighted by Gasteiger charge is -2.31. The number of rotatable bonds is 6. The maximum Gasteiger partial charge on any atom is 0.258 e. The van der Waals surface area contributed by atoms with Crippen LogP contribution in [0.5, 0.6) is 11.5 Å². The minimum atomic E-state index is -0.327. The number of aromatic hydroxyl groups is 1. The third-order valence-electron chi connectivity index (χ3n) is 4.90. The van der Waals surface area contributed by atoms with Crippen LogP contribution in [0, 0.1) is 5.82 Å². The molecule has 5 heteroatoms. The number of benzene rings is 2. The van der Waals surface area contributed by atoms with Gasteiger partial charge in [-0.05, 0) is 55.0 Å². The zero-order chi connectivity index (χ0) is 19.6. The van der Waals surface area contributed by atoms with Gasteiger partial charge in [-0.15, -0.1) is 6.58 Å². The van der Waals surface area contributed by atoms with Crippen molar-refractivity contribution in [3.8, 4) is 11.5 Å². The highest BCUT2D eigenvalue weighted by molar-refractivity contribution is 6.00. The molecule has 0 unspecified atom stereocenters. The fourth-order valence-electron chi connectivity index (χ4n) is 3.56. The largest absolute Gasteiger partial charge is 0.507 e. The molecule has 1 aliphatic heterocycles. The number of carbonyl (C=O) groups excluding carboxylic acids is 1. The summed E-state index contributed by atoms with van der Waals surface area (Å²) in [6, 6.07) is 7.73. The zero-order valence-corrected chi connectivity index (χ0v) is 15.7. The highest BCUT2D eigenvalue weighted by Gasteiger charge is 2.31. The lowest BCUT2D eigenvalue weighted by Crippen LogP contribution is -2.37. The van der Waals surface area contributed by atoms with Gasteiger partial charge in [0.1, 0.15) is 17.3 Å². The molecule has 0 atom stereocenters. The highest BCUT2D eigenvalue weighted by atomic mass is 19.1. The molecular weight excluding hydrogens is 345 g/mol. The summed E-state index contributed by atoms with van der Waals surface area (Å²) < 4.78 is 18.9. The van der Waals surface area contributed by atoms with E-state index in [9.17, 15) is 14.3 Å². The SMILES string of the molecule is C=C(C)CCc1c(OC)cc(O)c2c1CCN(Cc1cccc(F)c1)C2=O. The lowest BCUT2D eigenvalue weighted by molar-refractivity contribution is 0.0722. The molecule has 27 heavy (non-hydrogen) atoms. The van der Waals surface area contributed by atoms with Gasteiger partial charge in [0.15, 0.2) is 0 Å². The zero-order valence-electron chi connectivity index (χ0n) is 15.7. The molecule has 1 aliphatic rings. The van der Waals surface area contributed by atoms with E-state index in [2.05, 4.69) is 6.58 Å². The van der Waals surface area contributed by atoms with Gasteiger partial charge in [0.05, 0.1) is 12.7 Å². The second-order valence-electron chi connectivity index (χ2n) is 6.99. The number of halogens is 1. The Morgan fingerprint density at radius 3 is 2.81 bits per heavy atom. The standard InChI is InChI=1S/C22H24FNO3/c1-14(2)7-8-17-18-9-10-24(13-15-5-4-6-16(23)11-15)22(26)21(18)19(25)12-20(17)27-3/h4-6,11-12,25H,1,7-10,13H2,2-3H3. The molecule has 1 N–H and O–H groups in total. The Hall–Kier alpha value is -2.82. The van der Waals surface area contributed by atoms with E-state index < -0.39 is 0 Å². The van der Waals surface area contributed by atoms with Crippen LogP contribution in [0.25, 0.3) is 0 Å². The molecule has 0 aliphatic carbocycles. The molecule has 2 aromatic rings. The molecule has 3 rings (SSSR count). The van der Waals surface area contributed by atoms with Crippen LogP contribution >= 0.6 is 0 Å². The number of ether oxygens (including phenoxy) is 1. The van der Waals surface area contributed by atoms with Crippen LogP contribution in [-0.2, 0) is 19.4 Å². The molecule has 0 radical (unpaired) electrons. The quantitative estimate of drug-likeness (QED) is 0.775. The van der Waals surface area contributed by atoms with Crippen molar-refractivity contribution in [3.63, 3.8) is 0 Å². The Morgan fingerprint density at radius 2 is 2.15 bits per heavy atom. The van der Waals surface area contributed by atoms with Crippen LogP contribution in [0.1, 0.15) is 40.4 Å². The molecule has 0 fully saturated rings. The average Bonchev–Trinajstić information content (AvgIpc) is 2.62. The predicted octanol–water partition coefficient (Wildman–Crippen LogP) is 4.25. The van der Waals surface area contributed by atoms with Gasteiger partial charge in [0.25, 0.3) is 5.91 Å². The number of methoxy groups -OCH3 is 1. The van der Waals surface area contributed by atoms with Gasteiger partial charge in [-0.25, -0.2) is 4.39 Å². The van der Waals surface area contributed by atoms with Crippen molar-refractivity contribution in [2.24, 2.45) is 0 Å². The first-order valence-electron chi connectivity index (χ1n) is 9.00. The third-order valence-corrected chi connectivity index (χ3v) is 4.90. The summed E-state index contributed by atoms with van der Waals surface area (Å²) in [5.74, 6) is -0.0435. The summed E-state index contributed by atoms with van der Waals surface area (Å²) in [6.45, 7) is 6.72. The molecule has 0 spiro atoms. The van der Waals surface area contributed by atoms with E-state index in [1.165, 1.54) is 18.2 Å². The van der Waals surface area contributed by atoms with E-state index in [-0.39, 0.29) is 17.5 Å². The number of nitrogens with zero attached hydrogens (tertiary/aromatic N) is 1. The number of fused-ring (bicyclic) bond motifs is 1. The van der Waals surface area contributed by atoms with Crippen molar-refractivity contribution in [2.45, 2.75) is 32.7 Å². The number of amides is 1. The third kappa shape index (κ3) is 3.97. The Balaban J connectivity index is 1.94. The fraction of sp³-hybridized carbons (Fsp3) is 0.318. The summed E-state index contributed by atoms with van der Waals surface area (Å²) in [4.78, 5) is 14.7. The molecule has 0 bridgehead atoms. The van der Waals surface area contributed by atoms with Crippen LogP contribution in [0.4, 0.5) is 4.39 Å². The number of allylic oxidation sites excluding steroid dienone is 1. The molecule has 1 heterocycles.